The summed E-state index contributed by atoms with van der Waals surface area (Å²) in [4.78, 5) is 2.51. The Labute approximate surface area is 104 Å². The third-order valence-electron chi connectivity index (χ3n) is 3.56. The zero-order chi connectivity index (χ0) is 12.1. The lowest BCUT2D eigenvalue weighted by Gasteiger charge is -2.25. The molecule has 1 heterocycles. The van der Waals surface area contributed by atoms with Crippen molar-refractivity contribution in [3.8, 4) is 0 Å². The van der Waals surface area contributed by atoms with Crippen LogP contribution in [0.25, 0.3) is 0 Å². The highest BCUT2D eigenvalue weighted by Gasteiger charge is 2.09. The number of hydrogen-bond donors (Lipinski definition) is 1. The largest absolute Gasteiger partial charge is 0.326 e. The maximum absolute atomic E-state index is 5.75. The van der Waals surface area contributed by atoms with E-state index in [0.717, 1.165) is 19.5 Å². The van der Waals surface area contributed by atoms with Crippen LogP contribution in [-0.2, 0) is 13.0 Å². The quantitative estimate of drug-likeness (QED) is 0.804. The summed E-state index contributed by atoms with van der Waals surface area (Å²) in [5, 5.41) is 0. The minimum atomic E-state index is 0.648. The van der Waals surface area contributed by atoms with Crippen LogP contribution in [-0.4, -0.2) is 24.5 Å². The minimum Gasteiger partial charge on any atom is -0.326 e. The number of benzene rings is 1. The van der Waals surface area contributed by atoms with Crippen LogP contribution < -0.4 is 5.73 Å². The fourth-order valence-corrected chi connectivity index (χ4v) is 2.29. The van der Waals surface area contributed by atoms with Gasteiger partial charge in [0.1, 0.15) is 0 Å². The third-order valence-corrected chi connectivity index (χ3v) is 3.56. The molecule has 1 aromatic rings. The van der Waals surface area contributed by atoms with Crippen molar-refractivity contribution in [1.82, 2.24) is 4.90 Å². The molecular weight excluding hydrogens is 208 g/mol. The smallest absolute Gasteiger partial charge is 0.0180 e. The summed E-state index contributed by atoms with van der Waals surface area (Å²) >= 11 is 0. The highest BCUT2D eigenvalue weighted by atomic mass is 15.1. The second kappa shape index (κ2) is 5.99. The van der Waals surface area contributed by atoms with Gasteiger partial charge >= 0.3 is 0 Å². The van der Waals surface area contributed by atoms with E-state index in [2.05, 4.69) is 42.2 Å². The van der Waals surface area contributed by atoms with E-state index in [9.17, 15) is 0 Å². The lowest BCUT2D eigenvalue weighted by atomic mass is 10.0. The van der Waals surface area contributed by atoms with Gasteiger partial charge < -0.3 is 5.73 Å². The van der Waals surface area contributed by atoms with Gasteiger partial charge in [-0.15, -0.1) is 0 Å². The van der Waals surface area contributed by atoms with E-state index >= 15 is 0 Å². The second-order valence-electron chi connectivity index (χ2n) is 4.82. The molecule has 0 aliphatic carbocycles. The molecule has 2 heteroatoms. The Kier molecular flexibility index (Phi) is 4.35. The summed E-state index contributed by atoms with van der Waals surface area (Å²) in [6.07, 6.45) is 4.68. The molecule has 2 N–H and O–H groups in total. The molecule has 0 spiro atoms. The zero-order valence-corrected chi connectivity index (χ0v) is 10.7. The molecule has 0 atom stereocenters. The van der Waals surface area contributed by atoms with Gasteiger partial charge in [0.2, 0.25) is 0 Å². The molecule has 0 bridgehead atoms. The lowest BCUT2D eigenvalue weighted by Crippen LogP contribution is -2.30. The summed E-state index contributed by atoms with van der Waals surface area (Å²) in [7, 11) is 0. The topological polar surface area (TPSA) is 29.3 Å². The number of nitrogens with two attached hydrogens (primary N) is 1. The molecule has 1 aromatic carbocycles. The highest BCUT2D eigenvalue weighted by molar-refractivity contribution is 5.27. The number of nitrogens with zero attached hydrogens (tertiary/aromatic N) is 1. The fourth-order valence-electron chi connectivity index (χ4n) is 2.29. The standard InChI is InChI=1S/C15H22N2/c1-13-6-9-17(10-7-13)11-8-14-4-2-3-5-15(14)12-16/h2-6H,7-12,16H2,1H3. The molecule has 1 aliphatic heterocycles. The second-order valence-corrected chi connectivity index (χ2v) is 4.82. The highest BCUT2D eigenvalue weighted by Crippen LogP contribution is 2.12. The van der Waals surface area contributed by atoms with Crippen molar-refractivity contribution in [2.45, 2.75) is 26.3 Å². The average molecular weight is 230 g/mol. The van der Waals surface area contributed by atoms with E-state index in [0.29, 0.717) is 6.54 Å². The monoisotopic (exact) mass is 230 g/mol. The van der Waals surface area contributed by atoms with Gasteiger partial charge in [-0.1, -0.05) is 35.9 Å². The van der Waals surface area contributed by atoms with Crippen molar-refractivity contribution in [1.29, 1.82) is 0 Å². The van der Waals surface area contributed by atoms with Gasteiger partial charge in [0.25, 0.3) is 0 Å². The molecule has 0 saturated heterocycles. The molecular formula is C15H22N2. The van der Waals surface area contributed by atoms with Crippen LogP contribution in [0.4, 0.5) is 0 Å². The van der Waals surface area contributed by atoms with E-state index < -0.39 is 0 Å². The molecule has 0 radical (unpaired) electrons. The zero-order valence-electron chi connectivity index (χ0n) is 10.7. The Hall–Kier alpha value is -1.12. The average Bonchev–Trinajstić information content (AvgIpc) is 2.38. The van der Waals surface area contributed by atoms with Crippen molar-refractivity contribution in [2.24, 2.45) is 5.73 Å². The predicted molar refractivity (Wildman–Crippen MR) is 72.9 cm³/mol. The van der Waals surface area contributed by atoms with Crippen molar-refractivity contribution in [3.63, 3.8) is 0 Å². The van der Waals surface area contributed by atoms with Crippen LogP contribution in [0.5, 0.6) is 0 Å². The number of rotatable bonds is 4. The van der Waals surface area contributed by atoms with E-state index in [-0.39, 0.29) is 0 Å². The predicted octanol–water partition coefficient (Wildman–Crippen LogP) is 2.34. The molecule has 0 saturated carbocycles. The van der Waals surface area contributed by atoms with Gasteiger partial charge in [-0.3, -0.25) is 4.90 Å². The van der Waals surface area contributed by atoms with Gasteiger partial charge in [0.15, 0.2) is 0 Å². The molecule has 1 aliphatic rings. The molecule has 92 valence electrons. The Morgan fingerprint density at radius 2 is 2.00 bits per heavy atom. The first-order valence-electron chi connectivity index (χ1n) is 6.44. The van der Waals surface area contributed by atoms with Gasteiger partial charge in [-0.05, 0) is 30.9 Å². The first-order chi connectivity index (χ1) is 8.29. The van der Waals surface area contributed by atoms with Gasteiger partial charge in [0.05, 0.1) is 0 Å². The molecule has 17 heavy (non-hydrogen) atoms. The van der Waals surface area contributed by atoms with Crippen molar-refractivity contribution >= 4 is 0 Å². The van der Waals surface area contributed by atoms with Crippen LogP contribution >= 0.6 is 0 Å². The normalized spacial score (nSPS) is 16.9. The van der Waals surface area contributed by atoms with Gasteiger partial charge in [-0.25, -0.2) is 0 Å². The maximum Gasteiger partial charge on any atom is 0.0180 e. The summed E-state index contributed by atoms with van der Waals surface area (Å²) in [6.45, 7) is 6.32. The Morgan fingerprint density at radius 3 is 2.65 bits per heavy atom. The molecule has 0 aromatic heterocycles. The first kappa shape index (κ1) is 12.3. The van der Waals surface area contributed by atoms with Crippen LogP contribution in [0.2, 0.25) is 0 Å². The Balaban J connectivity index is 1.89. The molecule has 2 rings (SSSR count). The molecule has 0 amide bonds. The summed E-state index contributed by atoms with van der Waals surface area (Å²) in [5.74, 6) is 0. The minimum absolute atomic E-state index is 0.648. The summed E-state index contributed by atoms with van der Waals surface area (Å²) in [5.41, 5.74) is 9.98. The number of hydrogen-bond acceptors (Lipinski definition) is 2. The molecule has 2 nitrogen and oxygen atoms in total. The van der Waals surface area contributed by atoms with Crippen LogP contribution in [0, 0.1) is 0 Å². The fraction of sp³-hybridized carbons (Fsp3) is 0.467. The van der Waals surface area contributed by atoms with E-state index in [1.54, 1.807) is 0 Å². The summed E-state index contributed by atoms with van der Waals surface area (Å²) in [6, 6.07) is 8.51. The lowest BCUT2D eigenvalue weighted by molar-refractivity contribution is 0.297. The third kappa shape index (κ3) is 3.42. The maximum atomic E-state index is 5.75. The van der Waals surface area contributed by atoms with Crippen molar-refractivity contribution < 1.29 is 0 Å². The molecule has 0 unspecified atom stereocenters. The van der Waals surface area contributed by atoms with E-state index in [1.165, 1.54) is 29.7 Å². The van der Waals surface area contributed by atoms with Crippen molar-refractivity contribution in [2.75, 3.05) is 19.6 Å². The van der Waals surface area contributed by atoms with Crippen LogP contribution in [0.3, 0.4) is 0 Å². The van der Waals surface area contributed by atoms with Crippen LogP contribution in [0.1, 0.15) is 24.5 Å². The van der Waals surface area contributed by atoms with Gasteiger partial charge in [0, 0.05) is 26.2 Å². The Bertz CT molecular complexity index is 396. The van der Waals surface area contributed by atoms with Gasteiger partial charge in [-0.2, -0.15) is 0 Å². The van der Waals surface area contributed by atoms with Crippen molar-refractivity contribution in [3.05, 3.63) is 47.0 Å². The Morgan fingerprint density at radius 1 is 1.24 bits per heavy atom. The van der Waals surface area contributed by atoms with Crippen LogP contribution in [0.15, 0.2) is 35.9 Å². The van der Waals surface area contributed by atoms with E-state index in [4.69, 9.17) is 5.73 Å². The first-order valence-corrected chi connectivity index (χ1v) is 6.44. The summed E-state index contributed by atoms with van der Waals surface area (Å²) < 4.78 is 0. The molecule has 0 fully saturated rings. The SMILES string of the molecule is CC1=CCN(CCc2ccccc2CN)CC1. The van der Waals surface area contributed by atoms with E-state index in [1.807, 2.05) is 0 Å².